The Morgan fingerprint density at radius 2 is 0.974 bits per heavy atom. The van der Waals surface area contributed by atoms with Crippen LogP contribution in [-0.2, 0) is 9.59 Å². The third-order valence-electron chi connectivity index (χ3n) is 4.76. The highest BCUT2D eigenvalue weighted by atomic mass is 16.5. The molecule has 212 valence electrons. The first-order chi connectivity index (χ1) is 17.9. The number of benzene rings is 2. The van der Waals surface area contributed by atoms with Gasteiger partial charge in [-0.2, -0.15) is 0 Å². The second kappa shape index (κ2) is 18.1. The predicted molar refractivity (Wildman–Crippen MR) is 151 cm³/mol. The second-order valence-corrected chi connectivity index (χ2v) is 9.47. The number of carbonyl (C=O) groups is 2. The molecule has 38 heavy (non-hydrogen) atoms. The summed E-state index contributed by atoms with van der Waals surface area (Å²) in [6.45, 7) is 12.5. The summed E-state index contributed by atoms with van der Waals surface area (Å²) in [4.78, 5) is 21.7. The molecule has 0 saturated heterocycles. The van der Waals surface area contributed by atoms with Crippen LogP contribution in [0.15, 0.2) is 48.5 Å². The van der Waals surface area contributed by atoms with Gasteiger partial charge >= 0.3 is 0 Å². The van der Waals surface area contributed by atoms with Crippen molar-refractivity contribution in [2.24, 2.45) is 0 Å². The van der Waals surface area contributed by atoms with Crippen molar-refractivity contribution in [3.05, 3.63) is 48.5 Å². The van der Waals surface area contributed by atoms with Crippen LogP contribution in [0.1, 0.15) is 41.5 Å². The number of amides is 2. The summed E-state index contributed by atoms with van der Waals surface area (Å²) in [5, 5.41) is 31.0. The number of nitrogens with one attached hydrogen (secondary N) is 4. The van der Waals surface area contributed by atoms with Gasteiger partial charge in [-0.3, -0.25) is 9.59 Å². The number of ether oxygens (including phenoxy) is 2. The zero-order valence-electron chi connectivity index (χ0n) is 23.3. The molecule has 0 bridgehead atoms. The van der Waals surface area contributed by atoms with Gasteiger partial charge in [0.15, 0.2) is 0 Å². The van der Waals surface area contributed by atoms with Crippen molar-refractivity contribution in [2.45, 2.75) is 65.8 Å². The lowest BCUT2D eigenvalue weighted by Crippen LogP contribution is -2.35. The fraction of sp³-hybridized carbons (Fsp3) is 0.500. The topological polar surface area (TPSA) is 141 Å². The van der Waals surface area contributed by atoms with Crippen LogP contribution in [0.2, 0.25) is 0 Å². The lowest BCUT2D eigenvalue weighted by molar-refractivity contribution is -0.115. The van der Waals surface area contributed by atoms with E-state index >= 15 is 0 Å². The highest BCUT2D eigenvalue weighted by Gasteiger charge is 2.07. The van der Waals surface area contributed by atoms with Crippen LogP contribution in [0.25, 0.3) is 0 Å². The molecular weight excluding hydrogens is 488 g/mol. The summed E-state index contributed by atoms with van der Waals surface area (Å²) in [5.74, 6) is 1.11. The minimum absolute atomic E-state index is 0.108. The van der Waals surface area contributed by atoms with Crippen molar-refractivity contribution in [1.82, 2.24) is 10.6 Å². The van der Waals surface area contributed by atoms with Gasteiger partial charge in [0.25, 0.3) is 0 Å². The fourth-order valence-corrected chi connectivity index (χ4v) is 2.92. The van der Waals surface area contributed by atoms with E-state index in [1.807, 2.05) is 27.7 Å². The Morgan fingerprint density at radius 1 is 0.658 bits per heavy atom. The van der Waals surface area contributed by atoms with E-state index in [0.717, 1.165) is 11.4 Å². The van der Waals surface area contributed by atoms with Crippen molar-refractivity contribution in [3.63, 3.8) is 0 Å². The van der Waals surface area contributed by atoms with E-state index in [0.29, 0.717) is 36.7 Å². The van der Waals surface area contributed by atoms with Crippen molar-refractivity contribution in [2.75, 3.05) is 36.9 Å². The van der Waals surface area contributed by atoms with Crippen LogP contribution in [0.5, 0.6) is 11.5 Å². The monoisotopic (exact) mass is 532 g/mol. The molecule has 2 amide bonds. The molecule has 0 aliphatic heterocycles. The largest absolute Gasteiger partial charge is 0.491 e. The molecule has 2 unspecified atom stereocenters. The van der Waals surface area contributed by atoms with E-state index in [9.17, 15) is 19.8 Å². The van der Waals surface area contributed by atoms with E-state index in [1.165, 1.54) is 13.8 Å². The van der Waals surface area contributed by atoms with Crippen LogP contribution in [0.3, 0.4) is 0 Å². The van der Waals surface area contributed by atoms with Gasteiger partial charge in [-0.15, -0.1) is 0 Å². The molecule has 10 nitrogen and oxygen atoms in total. The highest BCUT2D eigenvalue weighted by Crippen LogP contribution is 2.16. The van der Waals surface area contributed by atoms with E-state index in [-0.39, 0.29) is 25.0 Å². The molecule has 2 atom stereocenters. The van der Waals surface area contributed by atoms with Crippen LogP contribution < -0.4 is 30.7 Å². The molecule has 0 aliphatic carbocycles. The number of aliphatic hydroxyl groups is 2. The summed E-state index contributed by atoms with van der Waals surface area (Å²) >= 11 is 0. The number of rotatable bonds is 14. The Kier molecular flexibility index (Phi) is 15.7. The lowest BCUT2D eigenvalue weighted by Gasteiger charge is -2.15. The minimum atomic E-state index is -0.544. The Labute approximate surface area is 226 Å². The quantitative estimate of drug-likeness (QED) is 0.218. The smallest absolute Gasteiger partial charge is 0.221 e. The highest BCUT2D eigenvalue weighted by molar-refractivity contribution is 5.89. The maximum Gasteiger partial charge on any atom is 0.221 e. The molecule has 0 aromatic heterocycles. The van der Waals surface area contributed by atoms with Gasteiger partial charge in [-0.25, -0.2) is 0 Å². The van der Waals surface area contributed by atoms with Gasteiger partial charge in [0.05, 0.1) is 0 Å². The average molecular weight is 533 g/mol. The van der Waals surface area contributed by atoms with E-state index < -0.39 is 12.2 Å². The Bertz CT molecular complexity index is 858. The van der Waals surface area contributed by atoms with Gasteiger partial charge in [0.1, 0.15) is 36.9 Å². The third-order valence-corrected chi connectivity index (χ3v) is 4.76. The number of carbonyl (C=O) groups excluding carboxylic acids is 2. The summed E-state index contributed by atoms with van der Waals surface area (Å²) in [6.07, 6.45) is -1.09. The molecular formula is C28H44N4O6. The van der Waals surface area contributed by atoms with Gasteiger partial charge in [0.2, 0.25) is 11.8 Å². The Balaban J connectivity index is 0.000000380. The first-order valence-electron chi connectivity index (χ1n) is 12.8. The Morgan fingerprint density at radius 3 is 1.24 bits per heavy atom. The van der Waals surface area contributed by atoms with Crippen molar-refractivity contribution in [3.8, 4) is 11.5 Å². The standard InChI is InChI=1S/2C14H22N2O3/c2*1-10(2)15-8-13(18)9-19-14-6-4-12(5-7-14)16-11(3)17/h2*4-7,10,13,15,18H,8-9H2,1-3H3,(H,16,17). The van der Waals surface area contributed by atoms with Crippen molar-refractivity contribution >= 4 is 23.2 Å². The van der Waals surface area contributed by atoms with E-state index in [2.05, 4.69) is 21.3 Å². The van der Waals surface area contributed by atoms with Crippen LogP contribution in [-0.4, -0.2) is 72.6 Å². The normalized spacial score (nSPS) is 12.3. The third kappa shape index (κ3) is 16.5. The Hall–Kier alpha value is -3.18. The second-order valence-electron chi connectivity index (χ2n) is 9.47. The molecule has 0 spiro atoms. The molecule has 0 heterocycles. The summed E-state index contributed by atoms with van der Waals surface area (Å²) in [6, 6.07) is 14.7. The number of anilines is 2. The number of hydrogen-bond donors (Lipinski definition) is 6. The van der Waals surface area contributed by atoms with Crippen molar-refractivity contribution in [1.29, 1.82) is 0 Å². The molecule has 2 aromatic rings. The maximum absolute atomic E-state index is 10.9. The molecule has 2 rings (SSSR count). The van der Waals surface area contributed by atoms with Gasteiger partial charge in [0, 0.05) is 50.4 Å². The van der Waals surface area contributed by atoms with Crippen LogP contribution >= 0.6 is 0 Å². The SMILES string of the molecule is CC(=O)Nc1ccc(OCC(O)CNC(C)C)cc1.CC(=O)Nc1ccc(OCC(O)CNC(C)C)cc1. The molecule has 2 aromatic carbocycles. The van der Waals surface area contributed by atoms with Crippen LogP contribution in [0.4, 0.5) is 11.4 Å². The first kappa shape index (κ1) is 32.8. The number of hydrogen-bond acceptors (Lipinski definition) is 8. The number of aliphatic hydroxyl groups excluding tert-OH is 2. The van der Waals surface area contributed by atoms with Gasteiger partial charge < -0.3 is 41.0 Å². The molecule has 0 aliphatic rings. The molecule has 0 radical (unpaired) electrons. The molecule has 10 heteroatoms. The molecule has 6 N–H and O–H groups in total. The van der Waals surface area contributed by atoms with Crippen LogP contribution in [0, 0.1) is 0 Å². The minimum Gasteiger partial charge on any atom is -0.491 e. The summed E-state index contributed by atoms with van der Waals surface area (Å²) in [7, 11) is 0. The molecule has 0 fully saturated rings. The summed E-state index contributed by atoms with van der Waals surface area (Å²) < 4.78 is 10.9. The van der Waals surface area contributed by atoms with E-state index in [4.69, 9.17) is 9.47 Å². The van der Waals surface area contributed by atoms with Crippen molar-refractivity contribution < 1.29 is 29.3 Å². The average Bonchev–Trinajstić information content (AvgIpc) is 2.85. The summed E-state index contributed by atoms with van der Waals surface area (Å²) in [5.41, 5.74) is 1.45. The first-order valence-corrected chi connectivity index (χ1v) is 12.8. The lowest BCUT2D eigenvalue weighted by atomic mass is 10.3. The molecule has 0 saturated carbocycles. The zero-order valence-corrected chi connectivity index (χ0v) is 23.3. The predicted octanol–water partition coefficient (Wildman–Crippen LogP) is 2.77. The fourth-order valence-electron chi connectivity index (χ4n) is 2.92. The maximum atomic E-state index is 10.9. The van der Waals surface area contributed by atoms with Gasteiger partial charge in [-0.05, 0) is 48.5 Å². The van der Waals surface area contributed by atoms with E-state index in [1.54, 1.807) is 48.5 Å². The van der Waals surface area contributed by atoms with Gasteiger partial charge in [-0.1, -0.05) is 27.7 Å². The zero-order chi connectivity index (χ0) is 28.5.